The SMILES string of the molecule is CC(=O)CC(=O)CC(=O)CCC(=O)CC(=O)CC(C)=O. The van der Waals surface area contributed by atoms with Crippen molar-refractivity contribution in [3.05, 3.63) is 0 Å². The molecule has 0 radical (unpaired) electrons. The molecule has 0 aliphatic carbocycles. The molecule has 0 N–H and O–H groups in total. The van der Waals surface area contributed by atoms with Crippen molar-refractivity contribution in [3.8, 4) is 0 Å². The monoisotopic (exact) mass is 282 g/mol. The van der Waals surface area contributed by atoms with E-state index >= 15 is 0 Å². The third-order valence-corrected chi connectivity index (χ3v) is 2.36. The highest BCUT2D eigenvalue weighted by atomic mass is 16.2. The normalized spacial score (nSPS) is 9.90. The molecule has 0 aliphatic rings. The summed E-state index contributed by atoms with van der Waals surface area (Å²) in [5.41, 5.74) is 0. The summed E-state index contributed by atoms with van der Waals surface area (Å²) < 4.78 is 0. The Morgan fingerprint density at radius 2 is 0.800 bits per heavy atom. The standard InChI is InChI=1S/C14H18O6/c1-9(15)5-13(19)7-11(17)3-4-12(18)8-14(20)6-10(2)16/h3-8H2,1-2H3. The van der Waals surface area contributed by atoms with Crippen molar-refractivity contribution >= 4 is 34.7 Å². The summed E-state index contributed by atoms with van der Waals surface area (Å²) in [5, 5.41) is 0. The first kappa shape index (κ1) is 18.0. The minimum atomic E-state index is -0.470. The maximum Gasteiger partial charge on any atom is 0.147 e. The Kier molecular flexibility index (Phi) is 8.12. The summed E-state index contributed by atoms with van der Waals surface area (Å²) in [6.45, 7) is 2.51. The van der Waals surface area contributed by atoms with E-state index in [0.717, 1.165) is 0 Å². The Hall–Kier alpha value is -1.98. The second kappa shape index (κ2) is 9.01. The fourth-order valence-electron chi connectivity index (χ4n) is 1.58. The molecule has 0 amide bonds. The predicted molar refractivity (Wildman–Crippen MR) is 69.1 cm³/mol. The van der Waals surface area contributed by atoms with Crippen LogP contribution in [0.25, 0.3) is 0 Å². The molecule has 0 heterocycles. The Labute approximate surface area is 116 Å². The van der Waals surface area contributed by atoms with Gasteiger partial charge in [0.05, 0.1) is 25.7 Å². The van der Waals surface area contributed by atoms with Crippen LogP contribution in [0.1, 0.15) is 52.4 Å². The van der Waals surface area contributed by atoms with Crippen LogP contribution in [0.4, 0.5) is 0 Å². The quantitative estimate of drug-likeness (QED) is 0.519. The number of Topliss-reactive ketones (excluding diaryl/α,β-unsaturated/α-hetero) is 6. The van der Waals surface area contributed by atoms with Crippen LogP contribution in [0.3, 0.4) is 0 Å². The van der Waals surface area contributed by atoms with E-state index in [-0.39, 0.29) is 50.1 Å². The van der Waals surface area contributed by atoms with Crippen molar-refractivity contribution in [2.45, 2.75) is 52.4 Å². The lowest BCUT2D eigenvalue weighted by molar-refractivity contribution is -0.133. The van der Waals surface area contributed by atoms with Crippen LogP contribution in [-0.4, -0.2) is 34.7 Å². The molecule has 0 aromatic rings. The van der Waals surface area contributed by atoms with Gasteiger partial charge in [-0.25, -0.2) is 0 Å². The van der Waals surface area contributed by atoms with E-state index in [4.69, 9.17) is 0 Å². The largest absolute Gasteiger partial charge is 0.300 e. The first-order valence-corrected chi connectivity index (χ1v) is 6.26. The van der Waals surface area contributed by atoms with Crippen molar-refractivity contribution in [2.24, 2.45) is 0 Å². The first-order valence-electron chi connectivity index (χ1n) is 6.26. The van der Waals surface area contributed by atoms with Gasteiger partial charge < -0.3 is 0 Å². The van der Waals surface area contributed by atoms with Gasteiger partial charge in [0.25, 0.3) is 0 Å². The topological polar surface area (TPSA) is 102 Å². The number of carbonyl (C=O) groups excluding carboxylic acids is 6. The predicted octanol–water partition coefficient (Wildman–Crippen LogP) is 0.781. The van der Waals surface area contributed by atoms with E-state index in [0.29, 0.717) is 0 Å². The molecule has 0 unspecified atom stereocenters. The van der Waals surface area contributed by atoms with E-state index in [1.165, 1.54) is 13.8 Å². The molecule has 0 rings (SSSR count). The molecular formula is C14H18O6. The zero-order valence-corrected chi connectivity index (χ0v) is 11.7. The van der Waals surface area contributed by atoms with E-state index in [1.54, 1.807) is 0 Å². The first-order chi connectivity index (χ1) is 9.20. The van der Waals surface area contributed by atoms with Gasteiger partial charge in [0, 0.05) is 12.8 Å². The zero-order valence-electron chi connectivity index (χ0n) is 11.7. The lowest BCUT2D eigenvalue weighted by atomic mass is 10.0. The molecule has 0 atom stereocenters. The Morgan fingerprint density at radius 1 is 0.500 bits per heavy atom. The maximum absolute atomic E-state index is 11.4. The highest BCUT2D eigenvalue weighted by Gasteiger charge is 2.15. The third-order valence-electron chi connectivity index (χ3n) is 2.36. The fourth-order valence-corrected chi connectivity index (χ4v) is 1.58. The summed E-state index contributed by atoms with van der Waals surface area (Å²) in [7, 11) is 0. The Balaban J connectivity index is 3.97. The molecule has 0 bridgehead atoms. The molecule has 0 saturated heterocycles. The summed E-state index contributed by atoms with van der Waals surface area (Å²) in [4.78, 5) is 66.5. The molecule has 0 aliphatic heterocycles. The Morgan fingerprint density at radius 3 is 1.05 bits per heavy atom. The molecule has 6 heteroatoms. The van der Waals surface area contributed by atoms with Gasteiger partial charge in [-0.05, 0) is 13.8 Å². The fraction of sp³-hybridized carbons (Fsp3) is 0.571. The van der Waals surface area contributed by atoms with Crippen LogP contribution >= 0.6 is 0 Å². The summed E-state index contributed by atoms with van der Waals surface area (Å²) in [6.07, 6.45) is -1.55. The van der Waals surface area contributed by atoms with Crippen molar-refractivity contribution in [1.82, 2.24) is 0 Å². The summed E-state index contributed by atoms with van der Waals surface area (Å²) >= 11 is 0. The van der Waals surface area contributed by atoms with Crippen molar-refractivity contribution in [2.75, 3.05) is 0 Å². The molecule has 20 heavy (non-hydrogen) atoms. The molecular weight excluding hydrogens is 264 g/mol. The maximum atomic E-state index is 11.4. The van der Waals surface area contributed by atoms with Crippen LogP contribution in [-0.2, 0) is 28.8 Å². The van der Waals surface area contributed by atoms with Gasteiger partial charge in [0.2, 0.25) is 0 Å². The molecule has 0 aromatic heterocycles. The van der Waals surface area contributed by atoms with E-state index < -0.39 is 23.1 Å². The minimum absolute atomic E-state index is 0.129. The van der Waals surface area contributed by atoms with Gasteiger partial charge in [0.15, 0.2) is 0 Å². The van der Waals surface area contributed by atoms with Gasteiger partial charge in [0.1, 0.15) is 34.7 Å². The van der Waals surface area contributed by atoms with Gasteiger partial charge in [-0.15, -0.1) is 0 Å². The van der Waals surface area contributed by atoms with Crippen LogP contribution < -0.4 is 0 Å². The summed E-state index contributed by atoms with van der Waals surface area (Å²) in [6, 6.07) is 0. The average Bonchev–Trinajstić information content (AvgIpc) is 2.23. The third kappa shape index (κ3) is 9.99. The summed E-state index contributed by atoms with van der Waals surface area (Å²) in [5.74, 6) is -2.42. The molecule has 6 nitrogen and oxygen atoms in total. The van der Waals surface area contributed by atoms with Crippen LogP contribution in [0.2, 0.25) is 0 Å². The van der Waals surface area contributed by atoms with E-state index in [2.05, 4.69) is 0 Å². The van der Waals surface area contributed by atoms with Gasteiger partial charge in [-0.1, -0.05) is 0 Å². The van der Waals surface area contributed by atoms with Gasteiger partial charge in [-0.2, -0.15) is 0 Å². The second-order valence-corrected chi connectivity index (χ2v) is 4.77. The van der Waals surface area contributed by atoms with Crippen molar-refractivity contribution < 1.29 is 28.8 Å². The Bertz CT molecular complexity index is 405. The minimum Gasteiger partial charge on any atom is -0.300 e. The van der Waals surface area contributed by atoms with Gasteiger partial charge in [-0.3, -0.25) is 28.8 Å². The van der Waals surface area contributed by atoms with Crippen molar-refractivity contribution in [3.63, 3.8) is 0 Å². The van der Waals surface area contributed by atoms with Gasteiger partial charge >= 0.3 is 0 Å². The van der Waals surface area contributed by atoms with Crippen LogP contribution in [0.5, 0.6) is 0 Å². The second-order valence-electron chi connectivity index (χ2n) is 4.77. The highest BCUT2D eigenvalue weighted by Crippen LogP contribution is 2.03. The van der Waals surface area contributed by atoms with Crippen LogP contribution in [0.15, 0.2) is 0 Å². The molecule has 0 saturated carbocycles. The highest BCUT2D eigenvalue weighted by molar-refractivity contribution is 6.09. The number of hydrogen-bond donors (Lipinski definition) is 0. The molecule has 110 valence electrons. The number of carbonyl (C=O) groups is 6. The van der Waals surface area contributed by atoms with E-state index in [9.17, 15) is 28.8 Å². The van der Waals surface area contributed by atoms with Crippen LogP contribution in [0, 0.1) is 0 Å². The number of hydrogen-bond acceptors (Lipinski definition) is 6. The number of ketones is 6. The molecule has 0 fully saturated rings. The zero-order chi connectivity index (χ0) is 15.7. The molecule has 0 spiro atoms. The average molecular weight is 282 g/mol. The molecule has 0 aromatic carbocycles. The van der Waals surface area contributed by atoms with Crippen molar-refractivity contribution in [1.29, 1.82) is 0 Å². The number of rotatable bonds is 11. The lowest BCUT2D eigenvalue weighted by Gasteiger charge is -2.00. The lowest BCUT2D eigenvalue weighted by Crippen LogP contribution is -2.14. The van der Waals surface area contributed by atoms with E-state index in [1.807, 2.05) is 0 Å². The smallest absolute Gasteiger partial charge is 0.147 e.